The van der Waals surface area contributed by atoms with Crippen molar-refractivity contribution in [3.05, 3.63) is 33.8 Å². The number of halogens is 2. The fourth-order valence-electron chi connectivity index (χ4n) is 1.70. The fraction of sp³-hybridized carbons (Fsp3) is 0.364. The molecule has 6 nitrogen and oxygen atoms in total. The highest BCUT2D eigenvalue weighted by Crippen LogP contribution is 2.21. The summed E-state index contributed by atoms with van der Waals surface area (Å²) in [5.74, 6) is -0.793. The van der Waals surface area contributed by atoms with Crippen LogP contribution in [0.2, 0.25) is 10.0 Å². The molecule has 2 rings (SSSR count). The van der Waals surface area contributed by atoms with Gasteiger partial charge >= 0.3 is 10.2 Å². The lowest BCUT2D eigenvalue weighted by Crippen LogP contribution is -2.48. The number of morpholine rings is 1. The number of nitrogens with zero attached hydrogens (tertiary/aromatic N) is 1. The third-order valence-corrected chi connectivity index (χ3v) is 4.74. The first-order chi connectivity index (χ1) is 9.40. The largest absolute Gasteiger partial charge is 0.379 e. The minimum Gasteiger partial charge on any atom is -0.379 e. The van der Waals surface area contributed by atoms with Gasteiger partial charge in [0.2, 0.25) is 0 Å². The highest BCUT2D eigenvalue weighted by Gasteiger charge is 2.27. The van der Waals surface area contributed by atoms with E-state index < -0.39 is 16.1 Å². The third-order valence-electron chi connectivity index (χ3n) is 2.71. The smallest absolute Gasteiger partial charge is 0.304 e. The van der Waals surface area contributed by atoms with Crippen LogP contribution < -0.4 is 4.72 Å². The summed E-state index contributed by atoms with van der Waals surface area (Å²) < 4.78 is 32.2. The van der Waals surface area contributed by atoms with Gasteiger partial charge < -0.3 is 4.74 Å². The van der Waals surface area contributed by atoms with E-state index in [1.807, 2.05) is 4.72 Å². The van der Waals surface area contributed by atoms with Crippen LogP contribution in [-0.4, -0.2) is 44.9 Å². The first-order valence-electron chi connectivity index (χ1n) is 5.75. The minimum absolute atomic E-state index is 0.0490. The molecule has 0 aromatic heterocycles. The van der Waals surface area contributed by atoms with E-state index in [0.29, 0.717) is 18.2 Å². The molecule has 0 radical (unpaired) electrons. The lowest BCUT2D eigenvalue weighted by molar-refractivity contribution is 0.0719. The maximum Gasteiger partial charge on any atom is 0.304 e. The zero-order valence-electron chi connectivity index (χ0n) is 10.3. The Morgan fingerprint density at radius 3 is 2.50 bits per heavy atom. The Kier molecular flexibility index (Phi) is 4.87. The van der Waals surface area contributed by atoms with Crippen LogP contribution in [0.1, 0.15) is 10.4 Å². The molecule has 9 heteroatoms. The maximum atomic E-state index is 12.0. The van der Waals surface area contributed by atoms with Crippen molar-refractivity contribution in [2.45, 2.75) is 0 Å². The van der Waals surface area contributed by atoms with E-state index >= 15 is 0 Å². The van der Waals surface area contributed by atoms with E-state index in [-0.39, 0.29) is 23.7 Å². The number of benzene rings is 1. The van der Waals surface area contributed by atoms with Crippen molar-refractivity contribution < 1.29 is 17.9 Å². The molecule has 0 saturated carbocycles. The molecule has 1 fully saturated rings. The monoisotopic (exact) mass is 338 g/mol. The van der Waals surface area contributed by atoms with Crippen LogP contribution >= 0.6 is 23.2 Å². The van der Waals surface area contributed by atoms with Crippen molar-refractivity contribution in [2.24, 2.45) is 0 Å². The second-order valence-corrected chi connectivity index (χ2v) is 6.59. The molecule has 1 amide bonds. The summed E-state index contributed by atoms with van der Waals surface area (Å²) in [5, 5.41) is 0.453. The molecule has 0 unspecified atom stereocenters. The molecular formula is C11H12Cl2N2O4S. The number of ether oxygens (including phenoxy) is 1. The SMILES string of the molecule is O=C(NS(=O)(=O)N1CCOCC1)c1ccc(Cl)cc1Cl. The minimum atomic E-state index is -3.90. The average molecular weight is 339 g/mol. The number of nitrogens with one attached hydrogen (secondary N) is 1. The van der Waals surface area contributed by atoms with Crippen LogP contribution in [0.25, 0.3) is 0 Å². The van der Waals surface area contributed by atoms with E-state index in [0.717, 1.165) is 4.31 Å². The standard InChI is InChI=1S/C11H12Cl2N2O4S/c12-8-1-2-9(10(13)7-8)11(16)14-20(17,18)15-3-5-19-6-4-15/h1-2,7H,3-6H2,(H,14,16). The Hall–Kier alpha value is -0.860. The van der Waals surface area contributed by atoms with Gasteiger partial charge in [0.05, 0.1) is 23.8 Å². The molecule has 1 aliphatic heterocycles. The summed E-state index contributed by atoms with van der Waals surface area (Å²) in [5.41, 5.74) is 0.0490. The zero-order chi connectivity index (χ0) is 14.8. The van der Waals surface area contributed by atoms with Gasteiger partial charge in [-0.1, -0.05) is 23.2 Å². The van der Waals surface area contributed by atoms with Crippen LogP contribution in [0.15, 0.2) is 18.2 Å². The topological polar surface area (TPSA) is 75.7 Å². The molecule has 1 N–H and O–H groups in total. The summed E-state index contributed by atoms with van der Waals surface area (Å²) in [6.07, 6.45) is 0. The van der Waals surface area contributed by atoms with Gasteiger partial charge in [-0.2, -0.15) is 12.7 Å². The highest BCUT2D eigenvalue weighted by atomic mass is 35.5. The van der Waals surface area contributed by atoms with Gasteiger partial charge in [-0.15, -0.1) is 0 Å². The first kappa shape index (κ1) is 15.5. The van der Waals surface area contributed by atoms with E-state index in [4.69, 9.17) is 27.9 Å². The van der Waals surface area contributed by atoms with Gasteiger partial charge in [0.1, 0.15) is 0 Å². The van der Waals surface area contributed by atoms with Crippen molar-refractivity contribution in [3.8, 4) is 0 Å². The normalized spacial score (nSPS) is 16.9. The van der Waals surface area contributed by atoms with Crippen LogP contribution in [0.5, 0.6) is 0 Å². The lowest BCUT2D eigenvalue weighted by atomic mass is 10.2. The van der Waals surface area contributed by atoms with Gasteiger partial charge in [0.25, 0.3) is 5.91 Å². The number of rotatable bonds is 3. The van der Waals surface area contributed by atoms with Gasteiger partial charge in [-0.25, -0.2) is 4.72 Å². The van der Waals surface area contributed by atoms with E-state index in [9.17, 15) is 13.2 Å². The summed E-state index contributed by atoms with van der Waals surface area (Å²) in [6, 6.07) is 4.21. The molecule has 1 aliphatic rings. The Balaban J connectivity index is 2.14. The predicted molar refractivity (Wildman–Crippen MR) is 75.2 cm³/mol. The second-order valence-electron chi connectivity index (χ2n) is 4.07. The first-order valence-corrected chi connectivity index (χ1v) is 7.95. The Morgan fingerprint density at radius 2 is 1.90 bits per heavy atom. The molecule has 110 valence electrons. The summed E-state index contributed by atoms with van der Waals surface area (Å²) >= 11 is 11.6. The molecule has 20 heavy (non-hydrogen) atoms. The molecule has 0 atom stereocenters. The number of hydrogen-bond donors (Lipinski definition) is 1. The molecule has 0 spiro atoms. The third kappa shape index (κ3) is 3.62. The Labute approximate surface area is 126 Å². The lowest BCUT2D eigenvalue weighted by Gasteiger charge is -2.25. The van der Waals surface area contributed by atoms with E-state index in [2.05, 4.69) is 0 Å². The molecule has 0 bridgehead atoms. The van der Waals surface area contributed by atoms with Gasteiger partial charge in [0.15, 0.2) is 0 Å². The van der Waals surface area contributed by atoms with E-state index in [1.165, 1.54) is 18.2 Å². The molecule has 1 aromatic rings. The Morgan fingerprint density at radius 1 is 1.25 bits per heavy atom. The molecular weight excluding hydrogens is 327 g/mol. The number of hydrogen-bond acceptors (Lipinski definition) is 4. The number of carbonyl (C=O) groups excluding carboxylic acids is 1. The van der Waals surface area contributed by atoms with Crippen LogP contribution in [0.3, 0.4) is 0 Å². The van der Waals surface area contributed by atoms with Crippen molar-refractivity contribution in [3.63, 3.8) is 0 Å². The molecule has 1 heterocycles. The van der Waals surface area contributed by atoms with Crippen LogP contribution in [-0.2, 0) is 14.9 Å². The molecule has 1 saturated heterocycles. The van der Waals surface area contributed by atoms with Gasteiger partial charge in [0, 0.05) is 18.1 Å². The maximum absolute atomic E-state index is 12.0. The highest BCUT2D eigenvalue weighted by molar-refractivity contribution is 7.87. The number of amides is 1. The fourth-order valence-corrected chi connectivity index (χ4v) is 3.29. The van der Waals surface area contributed by atoms with Crippen LogP contribution in [0, 0.1) is 0 Å². The van der Waals surface area contributed by atoms with Crippen molar-refractivity contribution in [1.82, 2.24) is 9.03 Å². The van der Waals surface area contributed by atoms with Gasteiger partial charge in [-0.3, -0.25) is 4.79 Å². The summed E-state index contributed by atoms with van der Waals surface area (Å²) in [4.78, 5) is 12.0. The van der Waals surface area contributed by atoms with Crippen molar-refractivity contribution >= 4 is 39.3 Å². The molecule has 1 aromatic carbocycles. The Bertz CT molecular complexity index is 615. The summed E-state index contributed by atoms with van der Waals surface area (Å²) in [7, 11) is -3.90. The summed E-state index contributed by atoms with van der Waals surface area (Å²) in [6.45, 7) is 1.02. The van der Waals surface area contributed by atoms with Crippen molar-refractivity contribution in [2.75, 3.05) is 26.3 Å². The molecule has 0 aliphatic carbocycles. The second kappa shape index (κ2) is 6.28. The quantitative estimate of drug-likeness (QED) is 0.901. The van der Waals surface area contributed by atoms with E-state index in [1.54, 1.807) is 0 Å². The average Bonchev–Trinajstić information content (AvgIpc) is 2.39. The van der Waals surface area contributed by atoms with Crippen molar-refractivity contribution in [1.29, 1.82) is 0 Å². The zero-order valence-corrected chi connectivity index (χ0v) is 12.6. The van der Waals surface area contributed by atoms with Gasteiger partial charge in [-0.05, 0) is 18.2 Å². The number of carbonyl (C=O) groups is 1. The predicted octanol–water partition coefficient (Wildman–Crippen LogP) is 1.30. The van der Waals surface area contributed by atoms with Crippen LogP contribution in [0.4, 0.5) is 0 Å².